The molecule has 1 aliphatic heterocycles. The minimum atomic E-state index is -0.293. The Balaban J connectivity index is 1.83. The van der Waals surface area contributed by atoms with Crippen LogP contribution in [0.15, 0.2) is 48.9 Å². The van der Waals surface area contributed by atoms with Gasteiger partial charge in [0, 0.05) is 37.0 Å². The molecule has 6 heteroatoms. The highest BCUT2D eigenvalue weighted by Crippen LogP contribution is 2.38. The van der Waals surface area contributed by atoms with E-state index < -0.39 is 0 Å². The van der Waals surface area contributed by atoms with Crippen molar-refractivity contribution in [1.82, 2.24) is 14.9 Å². The van der Waals surface area contributed by atoms with Gasteiger partial charge in [-0.2, -0.15) is 0 Å². The third-order valence-corrected chi connectivity index (χ3v) is 5.46. The third kappa shape index (κ3) is 3.20. The van der Waals surface area contributed by atoms with Crippen molar-refractivity contribution < 1.29 is 4.39 Å². The molecule has 2 aromatic carbocycles. The molecule has 0 amide bonds. The second kappa shape index (κ2) is 6.95. The standard InChI is InChI=1S/C20H16Cl2FN3/c1-26-10-13-6-15(20-9-24-4-5-25-20)19(23)8-14(13)16(11-26)12-2-3-17(21)18(22)7-12/h2-9,16H,10-11H2,1H3. The molecule has 0 fully saturated rings. The lowest BCUT2D eigenvalue weighted by atomic mass is 9.83. The lowest BCUT2D eigenvalue weighted by molar-refractivity contribution is 0.294. The first kappa shape index (κ1) is 17.4. The van der Waals surface area contributed by atoms with Gasteiger partial charge < -0.3 is 4.90 Å². The highest BCUT2D eigenvalue weighted by atomic mass is 35.5. The Morgan fingerprint density at radius 2 is 1.96 bits per heavy atom. The molecule has 0 bridgehead atoms. The molecule has 0 spiro atoms. The van der Waals surface area contributed by atoms with E-state index in [9.17, 15) is 4.39 Å². The van der Waals surface area contributed by atoms with Crippen molar-refractivity contribution in [2.75, 3.05) is 13.6 Å². The molecule has 2 heterocycles. The van der Waals surface area contributed by atoms with Crippen molar-refractivity contribution in [2.45, 2.75) is 12.5 Å². The van der Waals surface area contributed by atoms with E-state index >= 15 is 0 Å². The fourth-order valence-electron chi connectivity index (χ4n) is 3.51. The fraction of sp³-hybridized carbons (Fsp3) is 0.200. The van der Waals surface area contributed by atoms with Gasteiger partial charge in [0.25, 0.3) is 0 Å². The van der Waals surface area contributed by atoms with E-state index in [4.69, 9.17) is 23.2 Å². The molecule has 4 rings (SSSR count). The molecule has 1 aliphatic rings. The zero-order chi connectivity index (χ0) is 18.3. The molecule has 3 aromatic rings. The fourth-order valence-corrected chi connectivity index (χ4v) is 3.82. The molecule has 1 aromatic heterocycles. The van der Waals surface area contributed by atoms with Crippen LogP contribution in [0.5, 0.6) is 0 Å². The first-order valence-electron chi connectivity index (χ1n) is 8.25. The van der Waals surface area contributed by atoms with E-state index in [1.54, 1.807) is 30.7 Å². The minimum Gasteiger partial charge on any atom is -0.301 e. The zero-order valence-corrected chi connectivity index (χ0v) is 15.6. The maximum atomic E-state index is 14.9. The number of likely N-dealkylation sites (N-methyl/N-ethyl adjacent to an activating group) is 1. The van der Waals surface area contributed by atoms with Crippen molar-refractivity contribution >= 4 is 23.2 Å². The SMILES string of the molecule is CN1Cc2cc(-c3cnccn3)c(F)cc2C(c2ccc(Cl)c(Cl)c2)C1. The van der Waals surface area contributed by atoms with Crippen LogP contribution in [0.2, 0.25) is 10.0 Å². The average molecular weight is 388 g/mol. The summed E-state index contributed by atoms with van der Waals surface area (Å²) in [5.74, 6) is -0.261. The smallest absolute Gasteiger partial charge is 0.132 e. The van der Waals surface area contributed by atoms with Crippen LogP contribution in [0, 0.1) is 5.82 Å². The van der Waals surface area contributed by atoms with E-state index in [0.29, 0.717) is 21.3 Å². The number of rotatable bonds is 2. The molecular weight excluding hydrogens is 372 g/mol. The summed E-state index contributed by atoms with van der Waals surface area (Å²) >= 11 is 12.2. The molecule has 0 N–H and O–H groups in total. The maximum absolute atomic E-state index is 14.9. The summed E-state index contributed by atoms with van der Waals surface area (Å²) in [7, 11) is 2.05. The Labute approximate surface area is 161 Å². The highest BCUT2D eigenvalue weighted by Gasteiger charge is 2.27. The van der Waals surface area contributed by atoms with Crippen LogP contribution in [0.25, 0.3) is 11.3 Å². The normalized spacial score (nSPS) is 17.2. The van der Waals surface area contributed by atoms with Crippen molar-refractivity contribution in [3.63, 3.8) is 0 Å². The summed E-state index contributed by atoms with van der Waals surface area (Å²) in [4.78, 5) is 10.5. The second-order valence-corrected chi connectivity index (χ2v) is 7.36. The van der Waals surface area contributed by atoms with E-state index in [2.05, 4.69) is 21.9 Å². The van der Waals surface area contributed by atoms with Gasteiger partial charge in [-0.15, -0.1) is 0 Å². The maximum Gasteiger partial charge on any atom is 0.132 e. The predicted molar refractivity (Wildman–Crippen MR) is 102 cm³/mol. The summed E-state index contributed by atoms with van der Waals surface area (Å²) in [6.07, 6.45) is 4.72. The van der Waals surface area contributed by atoms with Crippen LogP contribution in [-0.4, -0.2) is 28.5 Å². The third-order valence-electron chi connectivity index (χ3n) is 4.72. The van der Waals surface area contributed by atoms with Crippen LogP contribution in [0.1, 0.15) is 22.6 Å². The summed E-state index contributed by atoms with van der Waals surface area (Å²) in [6.45, 7) is 1.54. The van der Waals surface area contributed by atoms with Crippen molar-refractivity contribution in [3.05, 3.63) is 81.5 Å². The molecule has 0 radical (unpaired) electrons. The van der Waals surface area contributed by atoms with Crippen LogP contribution >= 0.6 is 23.2 Å². The number of halogens is 3. The number of benzene rings is 2. The van der Waals surface area contributed by atoms with Crippen LogP contribution in [-0.2, 0) is 6.54 Å². The van der Waals surface area contributed by atoms with Gasteiger partial charge in [0.05, 0.1) is 21.9 Å². The van der Waals surface area contributed by atoms with Crippen molar-refractivity contribution in [1.29, 1.82) is 0 Å². The monoisotopic (exact) mass is 387 g/mol. The highest BCUT2D eigenvalue weighted by molar-refractivity contribution is 6.42. The summed E-state index contributed by atoms with van der Waals surface area (Å²) in [5.41, 5.74) is 4.09. The van der Waals surface area contributed by atoms with Crippen molar-refractivity contribution in [2.24, 2.45) is 0 Å². The molecule has 0 saturated carbocycles. The van der Waals surface area contributed by atoms with E-state index in [1.807, 2.05) is 18.2 Å². The number of nitrogens with zero attached hydrogens (tertiary/aromatic N) is 3. The Morgan fingerprint density at radius 1 is 1.12 bits per heavy atom. The number of hydrogen-bond donors (Lipinski definition) is 0. The Morgan fingerprint density at radius 3 is 2.69 bits per heavy atom. The van der Waals surface area contributed by atoms with Crippen LogP contribution in [0.3, 0.4) is 0 Å². The molecule has 26 heavy (non-hydrogen) atoms. The Hall–Kier alpha value is -2.01. The van der Waals surface area contributed by atoms with E-state index in [-0.39, 0.29) is 11.7 Å². The van der Waals surface area contributed by atoms with Crippen LogP contribution < -0.4 is 0 Å². The second-order valence-electron chi connectivity index (χ2n) is 6.54. The molecule has 1 unspecified atom stereocenters. The zero-order valence-electron chi connectivity index (χ0n) is 14.1. The van der Waals surface area contributed by atoms with Gasteiger partial charge in [-0.25, -0.2) is 4.39 Å². The Bertz CT molecular complexity index is 963. The number of aromatic nitrogens is 2. The first-order valence-corrected chi connectivity index (χ1v) is 9.00. The topological polar surface area (TPSA) is 29.0 Å². The summed E-state index contributed by atoms with van der Waals surface area (Å²) in [5, 5.41) is 1.03. The van der Waals surface area contributed by atoms with E-state index in [1.165, 1.54) is 0 Å². The van der Waals surface area contributed by atoms with Gasteiger partial charge in [0.1, 0.15) is 5.82 Å². The molecule has 1 atom stereocenters. The van der Waals surface area contributed by atoms with Gasteiger partial charge in [-0.05, 0) is 48.0 Å². The lowest BCUT2D eigenvalue weighted by Crippen LogP contribution is -2.31. The lowest BCUT2D eigenvalue weighted by Gasteiger charge is -2.33. The van der Waals surface area contributed by atoms with Gasteiger partial charge in [0.15, 0.2) is 0 Å². The predicted octanol–water partition coefficient (Wildman–Crippen LogP) is 5.17. The number of hydrogen-bond acceptors (Lipinski definition) is 3. The molecule has 0 aliphatic carbocycles. The summed E-state index contributed by atoms with van der Waals surface area (Å²) in [6, 6.07) is 9.12. The van der Waals surface area contributed by atoms with Crippen LogP contribution in [0.4, 0.5) is 4.39 Å². The van der Waals surface area contributed by atoms with Gasteiger partial charge in [-0.1, -0.05) is 29.3 Å². The van der Waals surface area contributed by atoms with Gasteiger partial charge in [-0.3, -0.25) is 9.97 Å². The molecule has 3 nitrogen and oxygen atoms in total. The summed E-state index contributed by atoms with van der Waals surface area (Å²) < 4.78 is 14.9. The number of fused-ring (bicyclic) bond motifs is 1. The average Bonchev–Trinajstić information content (AvgIpc) is 2.64. The molecule has 0 saturated heterocycles. The van der Waals surface area contributed by atoms with E-state index in [0.717, 1.165) is 29.8 Å². The molecule has 132 valence electrons. The molecular formula is C20H16Cl2FN3. The van der Waals surface area contributed by atoms with Gasteiger partial charge in [0.2, 0.25) is 0 Å². The quantitative estimate of drug-likeness (QED) is 0.607. The minimum absolute atomic E-state index is 0.0314. The van der Waals surface area contributed by atoms with Crippen molar-refractivity contribution in [3.8, 4) is 11.3 Å². The van der Waals surface area contributed by atoms with Gasteiger partial charge >= 0.3 is 0 Å². The first-order chi connectivity index (χ1) is 12.5. The Kier molecular flexibility index (Phi) is 4.65. The largest absolute Gasteiger partial charge is 0.301 e.